The Morgan fingerprint density at radius 2 is 2.05 bits per heavy atom. The molecule has 2 rings (SSSR count). The molecule has 0 aliphatic carbocycles. The van der Waals surface area contributed by atoms with Gasteiger partial charge in [0.2, 0.25) is 0 Å². The van der Waals surface area contributed by atoms with Crippen LogP contribution in [0.25, 0.3) is 11.4 Å². The van der Waals surface area contributed by atoms with Crippen molar-refractivity contribution in [3.05, 3.63) is 29.6 Å². The van der Waals surface area contributed by atoms with Crippen LogP contribution in [0.3, 0.4) is 0 Å². The van der Waals surface area contributed by atoms with Crippen LogP contribution in [0, 0.1) is 12.7 Å². The largest absolute Gasteiger partial charge is 0.297 e. The first kappa shape index (κ1) is 14.9. The molecule has 0 spiro atoms. The van der Waals surface area contributed by atoms with E-state index in [0.29, 0.717) is 18.5 Å². The molecule has 0 fully saturated rings. The Balaban J connectivity index is 2.69. The summed E-state index contributed by atoms with van der Waals surface area (Å²) in [7, 11) is 1.30. The molecule has 0 saturated carbocycles. The van der Waals surface area contributed by atoms with Crippen molar-refractivity contribution < 1.29 is 12.8 Å². The van der Waals surface area contributed by atoms with Crippen molar-refractivity contribution in [2.75, 3.05) is 0 Å². The smallest absolute Gasteiger partial charge is 0.296 e. The molecule has 0 aliphatic rings. The molecule has 5 nitrogen and oxygen atoms in total. The first-order valence-corrected chi connectivity index (χ1v) is 8.30. The van der Waals surface area contributed by atoms with E-state index < -0.39 is 14.9 Å². The Hall–Kier alpha value is -1.47. The normalized spacial score (nSPS) is 11.8. The number of hydrogen-bond acceptors (Lipinski definition) is 4. The van der Waals surface area contributed by atoms with Gasteiger partial charge in [-0.1, -0.05) is 19.1 Å². The zero-order chi connectivity index (χ0) is 14.9. The van der Waals surface area contributed by atoms with Crippen molar-refractivity contribution in [1.82, 2.24) is 14.8 Å². The average molecular weight is 318 g/mol. The highest BCUT2D eigenvalue weighted by Gasteiger charge is 2.24. The minimum atomic E-state index is -4.03. The third kappa shape index (κ3) is 2.69. The van der Waals surface area contributed by atoms with Gasteiger partial charge < -0.3 is 0 Å². The summed E-state index contributed by atoms with van der Waals surface area (Å²) in [6, 6.07) is 4.83. The Morgan fingerprint density at radius 1 is 1.35 bits per heavy atom. The molecule has 0 N–H and O–H groups in total. The van der Waals surface area contributed by atoms with Crippen LogP contribution in [0.1, 0.15) is 18.9 Å². The molecule has 0 saturated heterocycles. The van der Waals surface area contributed by atoms with Crippen LogP contribution in [0.2, 0.25) is 0 Å². The van der Waals surface area contributed by atoms with Crippen molar-refractivity contribution >= 4 is 19.7 Å². The van der Waals surface area contributed by atoms with Gasteiger partial charge >= 0.3 is 0 Å². The highest BCUT2D eigenvalue weighted by atomic mass is 35.7. The maximum atomic E-state index is 14.1. The Morgan fingerprint density at radius 3 is 2.65 bits per heavy atom. The number of nitrogens with zero attached hydrogens (tertiary/aromatic N) is 3. The molecule has 1 aromatic carbocycles. The van der Waals surface area contributed by atoms with Gasteiger partial charge in [0.15, 0.2) is 5.82 Å². The van der Waals surface area contributed by atoms with Crippen LogP contribution in [0.4, 0.5) is 4.39 Å². The topological polar surface area (TPSA) is 64.8 Å². The SMILES string of the molecule is CCCn1c(-c2cccc(C)c2F)nnc1S(=O)(=O)Cl. The van der Waals surface area contributed by atoms with Gasteiger partial charge in [-0.3, -0.25) is 4.57 Å². The van der Waals surface area contributed by atoms with Gasteiger partial charge in [-0.05, 0) is 25.0 Å². The minimum Gasteiger partial charge on any atom is -0.297 e. The van der Waals surface area contributed by atoms with Crippen LogP contribution in [-0.4, -0.2) is 23.2 Å². The maximum Gasteiger partial charge on any atom is 0.296 e. The molecule has 8 heteroatoms. The fourth-order valence-corrected chi connectivity index (χ4v) is 2.84. The predicted molar refractivity (Wildman–Crippen MR) is 73.5 cm³/mol. The molecular formula is C12H13ClFN3O2S. The van der Waals surface area contributed by atoms with E-state index in [-0.39, 0.29) is 16.5 Å². The first-order chi connectivity index (χ1) is 9.36. The van der Waals surface area contributed by atoms with Crippen LogP contribution in [0.15, 0.2) is 23.4 Å². The summed E-state index contributed by atoms with van der Waals surface area (Å²) in [5.74, 6) is -0.289. The second kappa shape index (κ2) is 5.49. The molecule has 20 heavy (non-hydrogen) atoms. The van der Waals surface area contributed by atoms with Crippen LogP contribution in [-0.2, 0) is 15.6 Å². The van der Waals surface area contributed by atoms with Crippen LogP contribution >= 0.6 is 10.7 Å². The molecule has 108 valence electrons. The predicted octanol–water partition coefficient (Wildman–Crippen LogP) is 2.73. The lowest BCUT2D eigenvalue weighted by Gasteiger charge is -2.09. The van der Waals surface area contributed by atoms with Crippen molar-refractivity contribution in [2.24, 2.45) is 0 Å². The summed E-state index contributed by atoms with van der Waals surface area (Å²) in [6.45, 7) is 3.82. The fraction of sp³-hybridized carbons (Fsp3) is 0.333. The Bertz CT molecular complexity index is 743. The third-order valence-electron chi connectivity index (χ3n) is 2.81. The second-order valence-corrected chi connectivity index (χ2v) is 6.79. The summed E-state index contributed by atoms with van der Waals surface area (Å²) in [4.78, 5) is 0. The van der Waals surface area contributed by atoms with E-state index in [2.05, 4.69) is 10.2 Å². The van der Waals surface area contributed by atoms with E-state index in [4.69, 9.17) is 10.7 Å². The summed E-state index contributed by atoms with van der Waals surface area (Å²) >= 11 is 0. The monoisotopic (exact) mass is 317 g/mol. The first-order valence-electron chi connectivity index (χ1n) is 5.99. The van der Waals surface area contributed by atoms with Crippen LogP contribution < -0.4 is 0 Å². The minimum absolute atomic E-state index is 0.160. The standard InChI is InChI=1S/C12H13ClFN3O2S/c1-3-7-17-11(15-16-12(17)20(13,18)19)9-6-4-5-8(2)10(9)14/h4-6H,3,7H2,1-2H3. The quantitative estimate of drug-likeness (QED) is 0.813. The lowest BCUT2D eigenvalue weighted by atomic mass is 10.1. The highest BCUT2D eigenvalue weighted by molar-refractivity contribution is 8.13. The summed E-state index contributed by atoms with van der Waals surface area (Å²) in [5.41, 5.74) is 0.654. The third-order valence-corrected chi connectivity index (χ3v) is 3.97. The van der Waals surface area contributed by atoms with Gasteiger partial charge in [0.25, 0.3) is 14.2 Å². The van der Waals surface area contributed by atoms with Gasteiger partial charge in [-0.25, -0.2) is 12.8 Å². The number of rotatable bonds is 4. The average Bonchev–Trinajstić information content (AvgIpc) is 2.77. The van der Waals surface area contributed by atoms with Gasteiger partial charge in [0, 0.05) is 17.2 Å². The number of benzene rings is 1. The van der Waals surface area contributed by atoms with E-state index in [1.807, 2.05) is 6.92 Å². The summed E-state index contributed by atoms with van der Waals surface area (Å²) in [6.07, 6.45) is 0.637. The van der Waals surface area contributed by atoms with Crippen molar-refractivity contribution in [1.29, 1.82) is 0 Å². The van der Waals surface area contributed by atoms with E-state index >= 15 is 0 Å². The Kier molecular flexibility index (Phi) is 4.10. The van der Waals surface area contributed by atoms with Gasteiger partial charge in [-0.15, -0.1) is 10.2 Å². The molecule has 2 aromatic rings. The van der Waals surface area contributed by atoms with E-state index in [1.165, 1.54) is 10.6 Å². The van der Waals surface area contributed by atoms with Gasteiger partial charge in [-0.2, -0.15) is 0 Å². The zero-order valence-electron chi connectivity index (χ0n) is 11.0. The molecule has 0 radical (unpaired) electrons. The van der Waals surface area contributed by atoms with Crippen molar-refractivity contribution in [2.45, 2.75) is 32.0 Å². The number of aromatic nitrogens is 3. The van der Waals surface area contributed by atoms with Crippen molar-refractivity contribution in [3.63, 3.8) is 0 Å². The fourth-order valence-electron chi connectivity index (χ4n) is 1.91. The molecule has 0 unspecified atom stereocenters. The zero-order valence-corrected chi connectivity index (χ0v) is 12.5. The molecule has 0 bridgehead atoms. The highest BCUT2D eigenvalue weighted by Crippen LogP contribution is 2.26. The van der Waals surface area contributed by atoms with E-state index in [0.717, 1.165) is 0 Å². The molecule has 0 atom stereocenters. The Labute approximate surface area is 120 Å². The maximum absolute atomic E-state index is 14.1. The second-order valence-electron chi connectivity index (χ2n) is 4.33. The van der Waals surface area contributed by atoms with Gasteiger partial charge in [0.1, 0.15) is 5.82 Å². The number of hydrogen-bond donors (Lipinski definition) is 0. The molecule has 1 aromatic heterocycles. The van der Waals surface area contributed by atoms with E-state index in [9.17, 15) is 12.8 Å². The van der Waals surface area contributed by atoms with E-state index in [1.54, 1.807) is 19.1 Å². The summed E-state index contributed by atoms with van der Waals surface area (Å²) in [5, 5.41) is 7.00. The van der Waals surface area contributed by atoms with Crippen molar-refractivity contribution in [3.8, 4) is 11.4 Å². The van der Waals surface area contributed by atoms with Crippen LogP contribution in [0.5, 0.6) is 0 Å². The molecular weight excluding hydrogens is 305 g/mol. The molecule has 1 heterocycles. The van der Waals surface area contributed by atoms with Gasteiger partial charge in [0.05, 0.1) is 5.56 Å². The lowest BCUT2D eigenvalue weighted by Crippen LogP contribution is -2.08. The molecule has 0 aliphatic heterocycles. The molecule has 0 amide bonds. The number of halogens is 2. The number of aryl methyl sites for hydroxylation is 1. The lowest BCUT2D eigenvalue weighted by molar-refractivity contribution is 0.567. The summed E-state index contributed by atoms with van der Waals surface area (Å²) < 4.78 is 38.4.